The van der Waals surface area contributed by atoms with Crippen LogP contribution in [-0.2, 0) is 38.4 Å². The molecule has 760 valence electrons. The highest BCUT2D eigenvalue weighted by molar-refractivity contribution is 6.03. The second kappa shape index (κ2) is 48.9. The fourth-order valence-corrected chi connectivity index (χ4v) is 19.2. The molecule has 0 aliphatic carbocycles. The number of para-hydroxylation sites is 4. The van der Waals surface area contributed by atoms with Gasteiger partial charge < -0.3 is 101 Å². The molecular weight excluding hydrogens is 1860 g/mol. The SMILES string of the molecule is CCOc1ccc(-c2noc(C3CCN(C(=O)C4CC(=O)N(c5ccccc5)C4)CC3)n2)cc1OC.CCOc1ccc(-c2noc(C3CCN(C(=O)[C@@H]4CC(=O)N(c5ccccc5)C4)CC3)n2)cc1OC.CCOc1ccc(-c2noc(C3CCN(C(=O)[C@H]4CC(=O)N(c5ccccc5)C4)CC3)n2)cc1OC.CCOc1ccc(-c2noc(C3CCNCC3)n2)cc1OC.O=C(O)C1CC(=O)N(c2ccccc2)C1. The maximum absolute atomic E-state index is 13.2. The summed E-state index contributed by atoms with van der Waals surface area (Å²) in [5.74, 6) is 8.04. The molecule has 8 fully saturated rings. The Labute approximate surface area is 840 Å². The number of ether oxygens (including phenoxy) is 8. The van der Waals surface area contributed by atoms with Gasteiger partial charge in [-0.2, -0.15) is 19.9 Å². The van der Waals surface area contributed by atoms with E-state index in [1.165, 1.54) is 4.90 Å². The molecule has 0 saturated carbocycles. The first-order valence-electron chi connectivity index (χ1n) is 49.5. The Bertz CT molecular complexity index is 5920. The summed E-state index contributed by atoms with van der Waals surface area (Å²) in [7, 11) is 6.41. The Balaban J connectivity index is 0.000000134. The van der Waals surface area contributed by atoms with E-state index in [4.69, 9.17) is 61.1 Å². The van der Waals surface area contributed by atoms with Crippen LogP contribution in [0.5, 0.6) is 46.0 Å². The number of aliphatic carboxylic acids is 1. The first-order valence-corrected chi connectivity index (χ1v) is 49.5. The molecule has 0 radical (unpaired) electrons. The Morgan fingerprint density at radius 1 is 0.317 bits per heavy atom. The number of carbonyl (C=O) groups excluding carboxylic acids is 7. The average molecular weight is 1980 g/mol. The lowest BCUT2D eigenvalue weighted by Gasteiger charge is -2.32. The number of benzene rings is 8. The maximum Gasteiger partial charge on any atom is 0.308 e. The summed E-state index contributed by atoms with van der Waals surface area (Å²) < 4.78 is 66.1. The molecule has 2 unspecified atom stereocenters. The molecule has 0 bridgehead atoms. The van der Waals surface area contributed by atoms with Gasteiger partial charge in [-0.25, -0.2) is 0 Å². The number of likely N-dealkylation sites (tertiary alicyclic amines) is 3. The number of hydrogen-bond donors (Lipinski definition) is 2. The number of methoxy groups -OCH3 is 4. The lowest BCUT2D eigenvalue weighted by Crippen LogP contribution is -2.42. The van der Waals surface area contributed by atoms with Gasteiger partial charge in [0.05, 0.1) is 78.5 Å². The van der Waals surface area contributed by atoms with Crippen LogP contribution in [0.4, 0.5) is 22.7 Å². The van der Waals surface area contributed by atoms with Crippen molar-refractivity contribution in [3.8, 4) is 91.5 Å². The second-order valence-corrected chi connectivity index (χ2v) is 36.1. The number of aromatic nitrogens is 8. The zero-order valence-corrected chi connectivity index (χ0v) is 82.7. The third kappa shape index (κ3) is 25.0. The maximum atomic E-state index is 13.2. The molecule has 0 spiro atoms. The van der Waals surface area contributed by atoms with Crippen molar-refractivity contribution < 1.29 is 99.5 Å². The van der Waals surface area contributed by atoms with Crippen LogP contribution in [0.15, 0.2) is 212 Å². The lowest BCUT2D eigenvalue weighted by atomic mass is 9.95. The minimum atomic E-state index is -0.901. The molecule has 8 aromatic carbocycles. The van der Waals surface area contributed by atoms with Gasteiger partial charge in [-0.05, 0) is 213 Å². The number of nitrogens with zero attached hydrogens (tertiary/aromatic N) is 15. The topological polar surface area (TPSA) is 421 Å². The number of amides is 7. The number of anilines is 4. The highest BCUT2D eigenvalue weighted by Crippen LogP contribution is 2.42. The third-order valence-electron chi connectivity index (χ3n) is 27.0. The molecule has 8 saturated heterocycles. The number of carbonyl (C=O) groups is 8. The number of rotatable bonds is 28. The van der Waals surface area contributed by atoms with Crippen molar-refractivity contribution in [2.75, 3.05) is 153 Å². The summed E-state index contributed by atoms with van der Waals surface area (Å²) in [6, 6.07) is 60.0. The van der Waals surface area contributed by atoms with E-state index in [1.54, 1.807) is 43.1 Å². The number of carboxylic acids is 1. The number of hydrogen-bond acceptors (Lipinski definition) is 29. The lowest BCUT2D eigenvalue weighted by molar-refractivity contribution is -0.141. The van der Waals surface area contributed by atoms with Gasteiger partial charge in [-0.3, -0.25) is 38.4 Å². The van der Waals surface area contributed by atoms with Crippen LogP contribution in [0.3, 0.4) is 0 Å². The minimum Gasteiger partial charge on any atom is -0.493 e. The summed E-state index contributed by atoms with van der Waals surface area (Å²) in [6.45, 7) is 17.1. The minimum absolute atomic E-state index is 0.00116. The molecule has 37 nitrogen and oxygen atoms in total. The van der Waals surface area contributed by atoms with Crippen LogP contribution in [-0.4, -0.2) is 241 Å². The summed E-state index contributed by atoms with van der Waals surface area (Å²) >= 11 is 0. The van der Waals surface area contributed by atoms with E-state index in [-0.39, 0.29) is 109 Å². The summed E-state index contributed by atoms with van der Waals surface area (Å²) in [5, 5.41) is 28.8. The van der Waals surface area contributed by atoms with Crippen molar-refractivity contribution in [2.24, 2.45) is 23.7 Å². The van der Waals surface area contributed by atoms with Gasteiger partial charge in [-0.1, -0.05) is 93.4 Å². The third-order valence-corrected chi connectivity index (χ3v) is 27.0. The molecule has 20 rings (SSSR count). The quantitative estimate of drug-likeness (QED) is 0.0460. The molecule has 12 aromatic rings. The predicted octanol–water partition coefficient (Wildman–Crippen LogP) is 15.4. The molecule has 2 N–H and O–H groups in total. The molecule has 145 heavy (non-hydrogen) atoms. The average Bonchev–Trinajstić information content (AvgIpc) is 1.59. The van der Waals surface area contributed by atoms with E-state index in [0.717, 1.165) is 121 Å². The molecule has 8 aliphatic rings. The van der Waals surface area contributed by atoms with Crippen molar-refractivity contribution in [2.45, 2.75) is 128 Å². The molecular formula is C108H122N16O21. The zero-order valence-electron chi connectivity index (χ0n) is 82.7. The fraction of sp³-hybridized carbons (Fsp3) is 0.407. The van der Waals surface area contributed by atoms with E-state index in [9.17, 15) is 38.4 Å². The van der Waals surface area contributed by atoms with Gasteiger partial charge in [-0.15, -0.1) is 0 Å². The Hall–Kier alpha value is -15.6. The van der Waals surface area contributed by atoms with Crippen LogP contribution in [0.25, 0.3) is 45.6 Å². The van der Waals surface area contributed by atoms with Gasteiger partial charge in [0.15, 0.2) is 46.0 Å². The van der Waals surface area contributed by atoms with Gasteiger partial charge in [0, 0.05) is 160 Å². The number of piperidine rings is 4. The number of carboxylic acid groups (broad SMARTS) is 1. The van der Waals surface area contributed by atoms with Gasteiger partial charge in [0.1, 0.15) is 0 Å². The first kappa shape index (κ1) is 102. The first-order chi connectivity index (χ1) is 70.7. The Kier molecular flexibility index (Phi) is 34.6. The van der Waals surface area contributed by atoms with Crippen LogP contribution >= 0.6 is 0 Å². The Morgan fingerprint density at radius 3 is 0.766 bits per heavy atom. The van der Waals surface area contributed by atoms with Gasteiger partial charge >= 0.3 is 5.97 Å². The zero-order chi connectivity index (χ0) is 101. The summed E-state index contributed by atoms with van der Waals surface area (Å²) in [5.41, 5.74) is 6.51. The van der Waals surface area contributed by atoms with Crippen LogP contribution in [0.2, 0.25) is 0 Å². The highest BCUT2D eigenvalue weighted by atomic mass is 16.5. The van der Waals surface area contributed by atoms with Crippen molar-refractivity contribution in [1.29, 1.82) is 0 Å². The molecule has 4 atom stereocenters. The molecule has 12 heterocycles. The van der Waals surface area contributed by atoms with Crippen molar-refractivity contribution in [1.82, 2.24) is 60.6 Å². The van der Waals surface area contributed by atoms with E-state index >= 15 is 0 Å². The van der Waals surface area contributed by atoms with E-state index < -0.39 is 11.9 Å². The molecule has 37 heteroatoms. The van der Waals surface area contributed by atoms with Crippen molar-refractivity contribution >= 4 is 70.1 Å². The van der Waals surface area contributed by atoms with Gasteiger partial charge in [0.25, 0.3) is 0 Å². The highest BCUT2D eigenvalue weighted by Gasteiger charge is 2.44. The molecule has 7 amide bonds. The number of nitrogens with one attached hydrogen (secondary N) is 1. The van der Waals surface area contributed by atoms with E-state index in [1.807, 2.05) is 237 Å². The Morgan fingerprint density at radius 2 is 0.545 bits per heavy atom. The largest absolute Gasteiger partial charge is 0.493 e. The molecule has 4 aromatic heterocycles. The second-order valence-electron chi connectivity index (χ2n) is 36.1. The summed E-state index contributed by atoms with van der Waals surface area (Å²) in [4.78, 5) is 130. The van der Waals surface area contributed by atoms with Gasteiger partial charge in [0.2, 0.25) is 88.2 Å². The predicted molar refractivity (Wildman–Crippen MR) is 536 cm³/mol. The molecule has 8 aliphatic heterocycles. The monoisotopic (exact) mass is 1980 g/mol. The summed E-state index contributed by atoms with van der Waals surface area (Å²) in [6.07, 6.45) is 7.38. The van der Waals surface area contributed by atoms with E-state index in [0.29, 0.717) is 172 Å². The smallest absolute Gasteiger partial charge is 0.308 e. The van der Waals surface area contributed by atoms with Crippen LogP contribution in [0.1, 0.15) is 152 Å². The fourth-order valence-electron chi connectivity index (χ4n) is 19.2. The standard InChI is InChI=1S/3C27H30N4O5.C16H21N3O3.C11H11NO3/c3*1-3-35-22-10-9-19(15-23(22)34-2)25-28-26(36-29-25)18-11-13-30(14-12-18)27(33)20-16-24(32)31(17-20)21-7-5-4-6-8-21;1-3-21-13-5-4-12(10-14(13)20-2)15-18-16(22-19-15)11-6-8-17-9-7-11;13-10-6-8(11(14)15)7-12(10)9-4-2-1-3-5-9/h3*4-10,15,18,20H,3,11-14,16-17H2,1-2H3;4-5,10-11,17H,3,6-9H2,1-2H3;1-5,8H,6-7H2,(H,14,15)/t2*20-;;;/m10.../s1. The van der Waals surface area contributed by atoms with Crippen LogP contribution < -0.4 is 62.8 Å². The van der Waals surface area contributed by atoms with E-state index in [2.05, 4.69) is 45.9 Å². The van der Waals surface area contributed by atoms with Crippen LogP contribution in [0, 0.1) is 23.7 Å². The van der Waals surface area contributed by atoms with Crippen molar-refractivity contribution in [3.05, 3.63) is 218 Å². The van der Waals surface area contributed by atoms with Crippen molar-refractivity contribution in [3.63, 3.8) is 0 Å². The normalized spacial score (nSPS) is 18.3.